The number of ketones is 1. The molecule has 4 heteroatoms. The summed E-state index contributed by atoms with van der Waals surface area (Å²) >= 11 is 0. The number of carbonyl (C=O) groups is 1. The molecule has 0 unspecified atom stereocenters. The van der Waals surface area contributed by atoms with Gasteiger partial charge in [0.1, 0.15) is 0 Å². The van der Waals surface area contributed by atoms with Gasteiger partial charge in [0.2, 0.25) is 0 Å². The second-order valence-electron chi connectivity index (χ2n) is 5.43. The van der Waals surface area contributed by atoms with Crippen molar-refractivity contribution in [3.05, 3.63) is 53.2 Å². The molecule has 1 N–H and O–H groups in total. The van der Waals surface area contributed by atoms with Crippen LogP contribution in [0.5, 0.6) is 0 Å². The average molecular weight is 281 g/mol. The van der Waals surface area contributed by atoms with Crippen LogP contribution in [-0.2, 0) is 13.5 Å². The number of rotatable bonds is 4. The monoisotopic (exact) mass is 281 g/mol. The number of nitrogens with one attached hydrogen (secondary N) is 1. The zero-order valence-electron chi connectivity index (χ0n) is 12.6. The lowest BCUT2D eigenvalue weighted by Crippen LogP contribution is -2.04. The smallest absolute Gasteiger partial charge is 0.165 e. The maximum atomic E-state index is 12.6. The topological polar surface area (TPSA) is 50.7 Å². The molecule has 2 heterocycles. The van der Waals surface area contributed by atoms with E-state index < -0.39 is 0 Å². The van der Waals surface area contributed by atoms with Crippen molar-refractivity contribution in [2.45, 2.75) is 26.7 Å². The van der Waals surface area contributed by atoms with Gasteiger partial charge in [-0.1, -0.05) is 18.2 Å². The molecular weight excluding hydrogens is 262 g/mol. The van der Waals surface area contributed by atoms with Crippen LogP contribution < -0.4 is 0 Å². The first-order valence-electron chi connectivity index (χ1n) is 7.15. The number of aromatic amines is 1. The molecule has 0 saturated carbocycles. The summed E-state index contributed by atoms with van der Waals surface area (Å²) in [6.45, 7) is 3.99. The summed E-state index contributed by atoms with van der Waals surface area (Å²) in [6, 6.07) is 8.06. The highest BCUT2D eigenvalue weighted by atomic mass is 16.1. The Morgan fingerprint density at radius 2 is 2.05 bits per heavy atom. The number of aryl methyl sites for hydroxylation is 3. The maximum absolute atomic E-state index is 12.6. The van der Waals surface area contributed by atoms with Crippen molar-refractivity contribution in [1.29, 1.82) is 0 Å². The zero-order chi connectivity index (χ0) is 15.0. The van der Waals surface area contributed by atoms with Gasteiger partial charge >= 0.3 is 0 Å². The number of H-pyrrole nitrogens is 1. The van der Waals surface area contributed by atoms with E-state index in [1.165, 1.54) is 0 Å². The fraction of sp³-hybridized carbons (Fsp3) is 0.294. The van der Waals surface area contributed by atoms with Crippen LogP contribution in [0.2, 0.25) is 0 Å². The van der Waals surface area contributed by atoms with Gasteiger partial charge in [-0.3, -0.25) is 4.79 Å². The molecule has 0 aliphatic rings. The van der Waals surface area contributed by atoms with Gasteiger partial charge in [-0.15, -0.1) is 0 Å². The highest BCUT2D eigenvalue weighted by Gasteiger charge is 2.18. The Balaban J connectivity index is 1.91. The zero-order valence-corrected chi connectivity index (χ0v) is 12.6. The first kappa shape index (κ1) is 13.6. The summed E-state index contributed by atoms with van der Waals surface area (Å²) in [5.41, 5.74) is 4.99. The third-order valence-corrected chi connectivity index (χ3v) is 4.20. The molecule has 1 aromatic carbocycles. The van der Waals surface area contributed by atoms with Crippen molar-refractivity contribution in [3.8, 4) is 0 Å². The van der Waals surface area contributed by atoms with Gasteiger partial charge in [0.15, 0.2) is 5.78 Å². The van der Waals surface area contributed by atoms with Crippen LogP contribution in [0.15, 0.2) is 30.6 Å². The van der Waals surface area contributed by atoms with Crippen LogP contribution in [0, 0.1) is 13.8 Å². The third kappa shape index (κ3) is 2.27. The molecule has 21 heavy (non-hydrogen) atoms. The highest BCUT2D eigenvalue weighted by Crippen LogP contribution is 2.26. The van der Waals surface area contributed by atoms with Gasteiger partial charge in [-0.05, 0) is 26.3 Å². The Kier molecular flexibility index (Phi) is 3.37. The lowest BCUT2D eigenvalue weighted by molar-refractivity contribution is 0.0983. The van der Waals surface area contributed by atoms with E-state index in [0.29, 0.717) is 12.8 Å². The molecule has 0 bridgehead atoms. The summed E-state index contributed by atoms with van der Waals surface area (Å²) in [5.74, 6) is 0.187. The number of aromatic nitrogens is 3. The Bertz CT molecular complexity index is 811. The maximum Gasteiger partial charge on any atom is 0.165 e. The molecule has 0 amide bonds. The summed E-state index contributed by atoms with van der Waals surface area (Å²) in [5, 5.41) is 1.04. The minimum absolute atomic E-state index is 0.187. The number of benzene rings is 1. The van der Waals surface area contributed by atoms with Crippen LogP contribution in [0.1, 0.15) is 33.9 Å². The van der Waals surface area contributed by atoms with Crippen LogP contribution in [-0.4, -0.2) is 20.3 Å². The van der Waals surface area contributed by atoms with E-state index in [0.717, 1.165) is 33.5 Å². The quantitative estimate of drug-likeness (QED) is 0.746. The molecular formula is C17H19N3O. The number of imidazole rings is 1. The predicted molar refractivity (Wildman–Crippen MR) is 83.6 cm³/mol. The van der Waals surface area contributed by atoms with Gasteiger partial charge < -0.3 is 9.55 Å². The van der Waals surface area contributed by atoms with Crippen molar-refractivity contribution in [3.63, 3.8) is 0 Å². The Labute approximate surface area is 123 Å². The molecule has 0 aliphatic carbocycles. The van der Waals surface area contributed by atoms with E-state index in [1.54, 1.807) is 6.33 Å². The lowest BCUT2D eigenvalue weighted by atomic mass is 10.0. The van der Waals surface area contributed by atoms with Crippen LogP contribution >= 0.6 is 0 Å². The molecule has 2 aromatic heterocycles. The fourth-order valence-corrected chi connectivity index (χ4v) is 2.87. The average Bonchev–Trinajstić information content (AvgIpc) is 3.00. The molecule has 3 rings (SSSR count). The standard InChI is InChI=1S/C17H19N3O/c1-11-14(19-10-18-11)8-9-16(21)17-12(2)20(3)15-7-5-4-6-13(15)17/h4-7,10H,8-9H2,1-3H3,(H,18,19). The van der Waals surface area contributed by atoms with Crippen molar-refractivity contribution in [1.82, 2.24) is 14.5 Å². The molecule has 0 radical (unpaired) electrons. The third-order valence-electron chi connectivity index (χ3n) is 4.20. The van der Waals surface area contributed by atoms with Gasteiger partial charge in [0, 0.05) is 41.3 Å². The Morgan fingerprint density at radius 3 is 2.76 bits per heavy atom. The van der Waals surface area contributed by atoms with E-state index in [9.17, 15) is 4.79 Å². The minimum Gasteiger partial charge on any atom is -0.348 e. The predicted octanol–water partition coefficient (Wildman–Crippen LogP) is 3.33. The van der Waals surface area contributed by atoms with Crippen molar-refractivity contribution < 1.29 is 4.79 Å². The SMILES string of the molecule is Cc1[nH]cnc1CCC(=O)c1c(C)n(C)c2ccccc12. The molecule has 0 saturated heterocycles. The van der Waals surface area contributed by atoms with Gasteiger partial charge in [0.05, 0.1) is 12.0 Å². The number of Topliss-reactive ketones (excluding diaryl/α,β-unsaturated/α-hetero) is 1. The van der Waals surface area contributed by atoms with E-state index in [4.69, 9.17) is 0 Å². The minimum atomic E-state index is 0.187. The first-order chi connectivity index (χ1) is 10.1. The van der Waals surface area contributed by atoms with Gasteiger partial charge in [-0.2, -0.15) is 0 Å². The highest BCUT2D eigenvalue weighted by molar-refractivity contribution is 6.09. The number of fused-ring (bicyclic) bond motifs is 1. The van der Waals surface area contributed by atoms with E-state index in [-0.39, 0.29) is 5.78 Å². The van der Waals surface area contributed by atoms with Crippen LogP contribution in [0.25, 0.3) is 10.9 Å². The largest absolute Gasteiger partial charge is 0.348 e. The Hall–Kier alpha value is -2.36. The van der Waals surface area contributed by atoms with Crippen molar-refractivity contribution >= 4 is 16.7 Å². The molecule has 0 spiro atoms. The second kappa shape index (κ2) is 5.20. The molecule has 3 aromatic rings. The van der Waals surface area contributed by atoms with Gasteiger partial charge in [0.25, 0.3) is 0 Å². The molecule has 0 aliphatic heterocycles. The van der Waals surface area contributed by atoms with E-state index in [2.05, 4.69) is 20.6 Å². The number of hydrogen-bond donors (Lipinski definition) is 1. The number of hydrogen-bond acceptors (Lipinski definition) is 2. The molecule has 4 nitrogen and oxygen atoms in total. The number of para-hydroxylation sites is 1. The van der Waals surface area contributed by atoms with Crippen molar-refractivity contribution in [2.24, 2.45) is 7.05 Å². The summed E-state index contributed by atoms with van der Waals surface area (Å²) < 4.78 is 2.09. The summed E-state index contributed by atoms with van der Waals surface area (Å²) in [7, 11) is 2.01. The van der Waals surface area contributed by atoms with E-state index >= 15 is 0 Å². The van der Waals surface area contributed by atoms with Crippen LogP contribution in [0.3, 0.4) is 0 Å². The fourth-order valence-electron chi connectivity index (χ4n) is 2.87. The number of carbonyl (C=O) groups excluding carboxylic acids is 1. The normalized spacial score (nSPS) is 11.2. The first-order valence-corrected chi connectivity index (χ1v) is 7.15. The number of nitrogens with zero attached hydrogens (tertiary/aromatic N) is 2. The molecule has 108 valence electrons. The molecule has 0 fully saturated rings. The van der Waals surface area contributed by atoms with Crippen molar-refractivity contribution in [2.75, 3.05) is 0 Å². The second-order valence-corrected chi connectivity index (χ2v) is 5.43. The van der Waals surface area contributed by atoms with E-state index in [1.807, 2.05) is 39.1 Å². The summed E-state index contributed by atoms with van der Waals surface area (Å²) in [6.07, 6.45) is 2.84. The van der Waals surface area contributed by atoms with Gasteiger partial charge in [-0.25, -0.2) is 4.98 Å². The van der Waals surface area contributed by atoms with Crippen LogP contribution in [0.4, 0.5) is 0 Å². The molecule has 0 atom stereocenters. The summed E-state index contributed by atoms with van der Waals surface area (Å²) in [4.78, 5) is 20.0. The Morgan fingerprint density at radius 1 is 1.29 bits per heavy atom. The lowest BCUT2D eigenvalue weighted by Gasteiger charge is -2.02.